The Morgan fingerprint density at radius 3 is 2.60 bits per heavy atom. The van der Waals surface area contributed by atoms with Crippen molar-refractivity contribution in [3.8, 4) is 11.5 Å². The maximum atomic E-state index is 10.7. The van der Waals surface area contributed by atoms with Crippen molar-refractivity contribution in [1.82, 2.24) is 0 Å². The van der Waals surface area contributed by atoms with Gasteiger partial charge < -0.3 is 10.2 Å². The van der Waals surface area contributed by atoms with Crippen LogP contribution in [0.2, 0.25) is 5.02 Å². The SMILES string of the molecule is O=[N+]([O-])c1cc(N=Cc2ccc(O)cc2O)ccc1Cl. The summed E-state index contributed by atoms with van der Waals surface area (Å²) in [5, 5.41) is 29.5. The summed E-state index contributed by atoms with van der Waals surface area (Å²) < 4.78 is 0. The Kier molecular flexibility index (Phi) is 3.86. The van der Waals surface area contributed by atoms with Crippen LogP contribution in [0.25, 0.3) is 0 Å². The Labute approximate surface area is 118 Å². The van der Waals surface area contributed by atoms with Crippen molar-refractivity contribution in [3.63, 3.8) is 0 Å². The minimum atomic E-state index is -0.598. The van der Waals surface area contributed by atoms with E-state index in [4.69, 9.17) is 16.7 Å². The molecule has 0 unspecified atom stereocenters. The van der Waals surface area contributed by atoms with Gasteiger partial charge in [-0.1, -0.05) is 11.6 Å². The Balaban J connectivity index is 2.32. The van der Waals surface area contributed by atoms with Crippen LogP contribution >= 0.6 is 11.6 Å². The zero-order valence-corrected chi connectivity index (χ0v) is 10.8. The molecule has 6 nitrogen and oxygen atoms in total. The number of nitrogens with zero attached hydrogens (tertiary/aromatic N) is 2. The lowest BCUT2D eigenvalue weighted by molar-refractivity contribution is -0.384. The van der Waals surface area contributed by atoms with Crippen LogP contribution in [0.4, 0.5) is 11.4 Å². The van der Waals surface area contributed by atoms with Gasteiger partial charge in [0.05, 0.1) is 10.6 Å². The van der Waals surface area contributed by atoms with E-state index in [1.54, 1.807) is 0 Å². The van der Waals surface area contributed by atoms with Gasteiger partial charge in [-0.2, -0.15) is 0 Å². The van der Waals surface area contributed by atoms with Crippen LogP contribution in [-0.2, 0) is 0 Å². The first-order chi connectivity index (χ1) is 9.47. The van der Waals surface area contributed by atoms with Gasteiger partial charge in [0.25, 0.3) is 5.69 Å². The molecular weight excluding hydrogens is 284 g/mol. The average Bonchev–Trinajstić information content (AvgIpc) is 2.39. The van der Waals surface area contributed by atoms with E-state index in [1.807, 2.05) is 0 Å². The van der Waals surface area contributed by atoms with Crippen LogP contribution < -0.4 is 0 Å². The first kappa shape index (κ1) is 13.8. The molecule has 0 saturated carbocycles. The van der Waals surface area contributed by atoms with Crippen molar-refractivity contribution in [1.29, 1.82) is 0 Å². The molecule has 0 saturated heterocycles. The minimum Gasteiger partial charge on any atom is -0.508 e. The van der Waals surface area contributed by atoms with E-state index < -0.39 is 4.92 Å². The number of halogens is 1. The van der Waals surface area contributed by atoms with E-state index in [0.29, 0.717) is 11.3 Å². The number of benzene rings is 2. The zero-order valence-electron chi connectivity index (χ0n) is 10.0. The van der Waals surface area contributed by atoms with Gasteiger partial charge in [0.1, 0.15) is 16.5 Å². The molecule has 0 aliphatic carbocycles. The molecule has 0 bridgehead atoms. The summed E-state index contributed by atoms with van der Waals surface area (Å²) in [5.74, 6) is -0.209. The lowest BCUT2D eigenvalue weighted by atomic mass is 10.2. The normalized spacial score (nSPS) is 10.8. The predicted molar refractivity (Wildman–Crippen MR) is 75.1 cm³/mol. The zero-order chi connectivity index (χ0) is 14.7. The molecular formula is C13H9ClN2O4. The molecule has 0 radical (unpaired) electrons. The summed E-state index contributed by atoms with van der Waals surface area (Å²) >= 11 is 5.69. The molecule has 0 atom stereocenters. The van der Waals surface area contributed by atoms with Crippen molar-refractivity contribution in [3.05, 3.63) is 57.1 Å². The summed E-state index contributed by atoms with van der Waals surface area (Å²) in [6.45, 7) is 0. The number of phenols is 2. The van der Waals surface area contributed by atoms with Crippen LogP contribution in [0.3, 0.4) is 0 Å². The third-order valence-corrected chi connectivity index (χ3v) is 2.81. The van der Waals surface area contributed by atoms with Crippen molar-refractivity contribution in [2.24, 2.45) is 4.99 Å². The highest BCUT2D eigenvalue weighted by Gasteiger charge is 2.12. The fraction of sp³-hybridized carbons (Fsp3) is 0. The van der Waals surface area contributed by atoms with Gasteiger partial charge in [-0.05, 0) is 24.3 Å². The van der Waals surface area contributed by atoms with Gasteiger partial charge in [0, 0.05) is 23.9 Å². The minimum absolute atomic E-state index is 0.0291. The number of hydrogen-bond acceptors (Lipinski definition) is 5. The first-order valence-electron chi connectivity index (χ1n) is 5.47. The second-order valence-electron chi connectivity index (χ2n) is 3.89. The molecule has 0 fully saturated rings. The van der Waals surface area contributed by atoms with Crippen LogP contribution in [0, 0.1) is 10.1 Å². The van der Waals surface area contributed by atoms with Crippen molar-refractivity contribution >= 4 is 29.2 Å². The standard InChI is InChI=1S/C13H9ClN2O4/c14-11-4-2-9(5-12(11)16(19)20)15-7-8-1-3-10(17)6-13(8)18/h1-7,17-18H. The Morgan fingerprint density at radius 1 is 1.20 bits per heavy atom. The van der Waals surface area contributed by atoms with Crippen LogP contribution in [0.1, 0.15) is 5.56 Å². The molecule has 2 N–H and O–H groups in total. The molecule has 0 aliphatic rings. The fourth-order valence-electron chi connectivity index (χ4n) is 1.51. The number of aromatic hydroxyl groups is 2. The molecule has 0 aliphatic heterocycles. The van der Waals surface area contributed by atoms with E-state index in [0.717, 1.165) is 0 Å². The van der Waals surface area contributed by atoms with Crippen LogP contribution in [-0.4, -0.2) is 21.4 Å². The molecule has 0 heterocycles. The molecule has 2 aromatic carbocycles. The highest BCUT2D eigenvalue weighted by atomic mass is 35.5. The summed E-state index contributed by atoms with van der Waals surface area (Å²) in [4.78, 5) is 14.2. The second kappa shape index (κ2) is 5.58. The lowest BCUT2D eigenvalue weighted by Gasteiger charge is -2.00. The van der Waals surface area contributed by atoms with Crippen molar-refractivity contribution in [2.75, 3.05) is 0 Å². The topological polar surface area (TPSA) is 96.0 Å². The van der Waals surface area contributed by atoms with Gasteiger partial charge in [0.15, 0.2) is 0 Å². The summed E-state index contributed by atoms with van der Waals surface area (Å²) in [7, 11) is 0. The number of nitro groups is 1. The quantitative estimate of drug-likeness (QED) is 0.515. The summed E-state index contributed by atoms with van der Waals surface area (Å²) in [6.07, 6.45) is 1.34. The van der Waals surface area contributed by atoms with E-state index in [1.165, 1.54) is 42.6 Å². The summed E-state index contributed by atoms with van der Waals surface area (Å²) in [6, 6.07) is 8.16. The van der Waals surface area contributed by atoms with Gasteiger partial charge in [-0.25, -0.2) is 0 Å². The highest BCUT2D eigenvalue weighted by Crippen LogP contribution is 2.29. The van der Waals surface area contributed by atoms with Crippen LogP contribution in [0.15, 0.2) is 41.4 Å². The van der Waals surface area contributed by atoms with Gasteiger partial charge >= 0.3 is 0 Å². The first-order valence-corrected chi connectivity index (χ1v) is 5.85. The van der Waals surface area contributed by atoms with E-state index in [9.17, 15) is 15.2 Å². The van der Waals surface area contributed by atoms with Crippen LogP contribution in [0.5, 0.6) is 11.5 Å². The number of aliphatic imine (C=N–C) groups is 1. The largest absolute Gasteiger partial charge is 0.508 e. The summed E-state index contributed by atoms with van der Waals surface area (Å²) in [5.41, 5.74) is 0.463. The molecule has 2 aromatic rings. The van der Waals surface area contributed by atoms with Crippen molar-refractivity contribution in [2.45, 2.75) is 0 Å². The van der Waals surface area contributed by atoms with Gasteiger partial charge in [0.2, 0.25) is 0 Å². The fourth-order valence-corrected chi connectivity index (χ4v) is 1.69. The molecule has 0 spiro atoms. The van der Waals surface area contributed by atoms with Crippen molar-refractivity contribution < 1.29 is 15.1 Å². The van der Waals surface area contributed by atoms with Gasteiger partial charge in [-0.3, -0.25) is 15.1 Å². The maximum absolute atomic E-state index is 10.7. The monoisotopic (exact) mass is 292 g/mol. The second-order valence-corrected chi connectivity index (χ2v) is 4.30. The molecule has 2 rings (SSSR count). The average molecular weight is 293 g/mol. The smallest absolute Gasteiger partial charge is 0.290 e. The number of phenolic OH excluding ortho intramolecular Hbond substituents is 2. The Morgan fingerprint density at radius 2 is 1.95 bits per heavy atom. The molecule has 0 amide bonds. The van der Waals surface area contributed by atoms with Gasteiger partial charge in [-0.15, -0.1) is 0 Å². The number of hydrogen-bond donors (Lipinski definition) is 2. The highest BCUT2D eigenvalue weighted by molar-refractivity contribution is 6.32. The molecule has 20 heavy (non-hydrogen) atoms. The molecule has 0 aromatic heterocycles. The van der Waals surface area contributed by atoms with E-state index in [2.05, 4.69) is 4.99 Å². The molecule has 7 heteroatoms. The molecule has 102 valence electrons. The Hall–Kier alpha value is -2.60. The third kappa shape index (κ3) is 3.04. The third-order valence-electron chi connectivity index (χ3n) is 2.49. The van der Waals surface area contributed by atoms with E-state index in [-0.39, 0.29) is 22.2 Å². The predicted octanol–water partition coefficient (Wildman–Crippen LogP) is 3.41. The number of rotatable bonds is 3. The van der Waals surface area contributed by atoms with E-state index >= 15 is 0 Å². The Bertz CT molecular complexity index is 701. The number of nitro benzene ring substituents is 1. The maximum Gasteiger partial charge on any atom is 0.290 e. The lowest BCUT2D eigenvalue weighted by Crippen LogP contribution is -1.88.